The van der Waals surface area contributed by atoms with E-state index in [0.29, 0.717) is 19.4 Å². The van der Waals surface area contributed by atoms with Gasteiger partial charge in [-0.05, 0) is 94.6 Å². The normalized spacial score (nSPS) is 33.0. The number of carbonyl (C=O) groups is 3. The number of benzene rings is 1. The van der Waals surface area contributed by atoms with Gasteiger partial charge in [0.25, 0.3) is 0 Å². The number of hydrogen-bond donors (Lipinski definition) is 0. The largest absolute Gasteiger partial charge is 0.462 e. The van der Waals surface area contributed by atoms with Crippen LogP contribution in [-0.4, -0.2) is 53.0 Å². The summed E-state index contributed by atoms with van der Waals surface area (Å²) in [6, 6.07) is 2.82. The molecule has 7 nitrogen and oxygen atoms in total. The molecule has 46 heavy (non-hydrogen) atoms. The summed E-state index contributed by atoms with van der Waals surface area (Å²) in [5.74, 6) is -3.20. The summed E-state index contributed by atoms with van der Waals surface area (Å²) >= 11 is 0. The molecule has 254 valence electrons. The number of nitrogens with zero attached hydrogens (tertiary/aromatic N) is 1. The number of ketones is 1. The maximum absolute atomic E-state index is 14.9. The Morgan fingerprint density at radius 1 is 1.07 bits per heavy atom. The predicted octanol–water partition coefficient (Wildman–Crippen LogP) is 7.99. The highest BCUT2D eigenvalue weighted by molar-refractivity contribution is 7.60. The minimum Gasteiger partial charge on any atom is -0.462 e. The topological polar surface area (TPSA) is 90.0 Å². The van der Waals surface area contributed by atoms with Crippen LogP contribution >= 0.6 is 7.37 Å². The van der Waals surface area contributed by atoms with Crippen molar-refractivity contribution in [3.8, 4) is 0 Å². The summed E-state index contributed by atoms with van der Waals surface area (Å²) in [6.45, 7) is 6.18. The van der Waals surface area contributed by atoms with Gasteiger partial charge in [-0.25, -0.2) is 8.78 Å². The molecule has 4 aliphatic rings. The summed E-state index contributed by atoms with van der Waals surface area (Å²) in [6.07, 6.45) is 11.3. The van der Waals surface area contributed by atoms with Gasteiger partial charge in [-0.1, -0.05) is 38.5 Å². The molecular weight excluding hydrogens is 611 g/mol. The van der Waals surface area contributed by atoms with Crippen molar-refractivity contribution in [3.63, 3.8) is 0 Å². The third-order valence-corrected chi connectivity index (χ3v) is 14.3. The highest BCUT2D eigenvalue weighted by Crippen LogP contribution is 2.77. The van der Waals surface area contributed by atoms with Gasteiger partial charge in [-0.15, -0.1) is 0 Å². The Labute approximate surface area is 272 Å². The van der Waals surface area contributed by atoms with Gasteiger partial charge in [0.15, 0.2) is 5.78 Å². The van der Waals surface area contributed by atoms with E-state index in [0.717, 1.165) is 63.5 Å². The number of amides is 1. The molecule has 0 bridgehead atoms. The second-order valence-electron chi connectivity index (χ2n) is 14.3. The molecular formula is C36H50F2NO6P. The van der Waals surface area contributed by atoms with Crippen LogP contribution in [0, 0.1) is 35.3 Å². The highest BCUT2D eigenvalue weighted by atomic mass is 31.2. The lowest BCUT2D eigenvalue weighted by molar-refractivity contribution is -0.155. The lowest BCUT2D eigenvalue weighted by Crippen LogP contribution is -2.46. The molecule has 7 atom stereocenters. The van der Waals surface area contributed by atoms with Gasteiger partial charge in [0.05, 0.1) is 36.3 Å². The summed E-state index contributed by atoms with van der Waals surface area (Å²) < 4.78 is 56.3. The molecule has 0 spiro atoms. The lowest BCUT2D eigenvalue weighted by Gasteiger charge is -2.33. The number of halogens is 2. The van der Waals surface area contributed by atoms with Crippen LogP contribution in [0.5, 0.6) is 0 Å². The molecule has 1 amide bonds. The van der Waals surface area contributed by atoms with Crippen molar-refractivity contribution in [3.05, 3.63) is 47.5 Å². The first-order chi connectivity index (χ1) is 22.0. The molecule has 1 aromatic carbocycles. The van der Waals surface area contributed by atoms with Crippen LogP contribution in [0.1, 0.15) is 103 Å². The molecule has 0 aromatic heterocycles. The molecule has 2 heterocycles. The van der Waals surface area contributed by atoms with Crippen molar-refractivity contribution in [1.29, 1.82) is 0 Å². The van der Waals surface area contributed by atoms with E-state index < -0.39 is 42.3 Å². The first-order valence-electron chi connectivity index (χ1n) is 17.3. The Balaban J connectivity index is 1.45. The molecule has 0 N–H and O–H groups in total. The Morgan fingerprint density at radius 2 is 1.76 bits per heavy atom. The van der Waals surface area contributed by atoms with E-state index in [4.69, 9.17) is 9.26 Å². The minimum absolute atomic E-state index is 0.0120. The smallest absolute Gasteiger partial charge is 0.306 e. The number of hydrogen-bond acceptors (Lipinski definition) is 6. The van der Waals surface area contributed by atoms with E-state index in [1.54, 1.807) is 11.8 Å². The quantitative estimate of drug-likeness (QED) is 0.159. The summed E-state index contributed by atoms with van der Waals surface area (Å²) in [4.78, 5) is 43.4. The minimum atomic E-state index is -3.82. The zero-order valence-electron chi connectivity index (χ0n) is 27.6. The molecule has 0 radical (unpaired) electrons. The standard InChI is InChI=1S/C36H50F2NO6P/c1-4-44-46(43,23-29-30(37)16-11-17-31(29)38)36-20-26(36)13-8-6-5-7-12-25(3)28(19-34(41)45-27-14-9-10-15-27)35(42)39-22-24(2)18-32(39)33(40)21-36/h8,11,13,16-17,24-28,32H,4-7,9-10,12,14-15,18-23H2,1-3H3/b13-8-/t24-,25+,26-,28-,32-,36+,46?/m0/s1. The number of Topliss-reactive ketones (excluding diaryl/α,β-unsaturated/α-hetero) is 1. The number of rotatable bonds is 8. The van der Waals surface area contributed by atoms with E-state index in [9.17, 15) is 27.7 Å². The van der Waals surface area contributed by atoms with E-state index in [1.165, 1.54) is 6.07 Å². The predicted molar refractivity (Wildman–Crippen MR) is 172 cm³/mol. The fourth-order valence-electron chi connectivity index (χ4n) is 8.09. The van der Waals surface area contributed by atoms with Gasteiger partial charge in [0.2, 0.25) is 13.3 Å². The van der Waals surface area contributed by atoms with Gasteiger partial charge in [0, 0.05) is 18.5 Å². The second kappa shape index (κ2) is 14.8. The Morgan fingerprint density at radius 3 is 2.46 bits per heavy atom. The first-order valence-corrected chi connectivity index (χ1v) is 19.1. The second-order valence-corrected chi connectivity index (χ2v) is 17.1. The fraction of sp³-hybridized carbons (Fsp3) is 0.694. The van der Waals surface area contributed by atoms with Gasteiger partial charge < -0.3 is 14.2 Å². The molecule has 5 rings (SSSR count). The Hall–Kier alpha value is -2.38. The number of esters is 1. The van der Waals surface area contributed by atoms with Crippen LogP contribution < -0.4 is 0 Å². The molecule has 2 aliphatic carbocycles. The third kappa shape index (κ3) is 7.51. The first kappa shape index (κ1) is 34.9. The molecule has 2 aliphatic heterocycles. The van der Waals surface area contributed by atoms with E-state index in [-0.39, 0.29) is 66.5 Å². The van der Waals surface area contributed by atoms with Gasteiger partial charge in [-0.3, -0.25) is 18.9 Å². The van der Waals surface area contributed by atoms with Crippen LogP contribution in [0.4, 0.5) is 8.78 Å². The van der Waals surface area contributed by atoms with Crippen LogP contribution in [-0.2, 0) is 34.4 Å². The number of ether oxygens (including phenoxy) is 1. The summed E-state index contributed by atoms with van der Waals surface area (Å²) in [5, 5.41) is -1.11. The molecule has 10 heteroatoms. The monoisotopic (exact) mass is 661 g/mol. The number of allylic oxidation sites excluding steroid dienone is 2. The van der Waals surface area contributed by atoms with Crippen LogP contribution in [0.25, 0.3) is 0 Å². The van der Waals surface area contributed by atoms with E-state index in [2.05, 4.69) is 0 Å². The zero-order valence-corrected chi connectivity index (χ0v) is 28.5. The summed E-state index contributed by atoms with van der Waals surface area (Å²) in [7, 11) is -3.82. The zero-order chi connectivity index (χ0) is 33.1. The van der Waals surface area contributed by atoms with Crippen molar-refractivity contribution >= 4 is 25.0 Å². The van der Waals surface area contributed by atoms with Gasteiger partial charge in [0.1, 0.15) is 17.7 Å². The SMILES string of the molecule is CCOP(=O)(Cc1c(F)cccc1F)[C@]12CC(=O)[C@@H]3C[C@H](C)CN3C(=O)[C@@H](CC(=O)OC3CCCC3)[C@H](C)CCCC/C=C\[C@H]1C2. The van der Waals surface area contributed by atoms with Crippen molar-refractivity contribution in [2.24, 2.45) is 23.7 Å². The highest BCUT2D eigenvalue weighted by Gasteiger charge is 2.66. The van der Waals surface area contributed by atoms with Gasteiger partial charge >= 0.3 is 5.97 Å². The maximum atomic E-state index is 14.9. The van der Waals surface area contributed by atoms with E-state index in [1.807, 2.05) is 26.0 Å². The molecule has 1 saturated heterocycles. The average Bonchev–Trinajstić information content (AvgIpc) is 3.28. The molecule has 1 unspecified atom stereocenters. The molecule has 3 fully saturated rings. The Kier molecular flexibility index (Phi) is 11.2. The lowest BCUT2D eigenvalue weighted by atomic mass is 9.85. The van der Waals surface area contributed by atoms with Crippen LogP contribution in [0.2, 0.25) is 0 Å². The maximum Gasteiger partial charge on any atom is 0.306 e. The van der Waals surface area contributed by atoms with Crippen molar-refractivity contribution in [2.75, 3.05) is 13.2 Å². The fourth-order valence-corrected chi connectivity index (χ4v) is 11.3. The summed E-state index contributed by atoms with van der Waals surface area (Å²) in [5.41, 5.74) is -0.292. The van der Waals surface area contributed by atoms with Crippen molar-refractivity contribution < 1.29 is 37.0 Å². The van der Waals surface area contributed by atoms with Gasteiger partial charge in [-0.2, -0.15) is 0 Å². The molecule has 1 aromatic rings. The average molecular weight is 662 g/mol. The Bertz CT molecular complexity index is 1340. The number of fused-ring (bicyclic) bond motifs is 2. The van der Waals surface area contributed by atoms with Crippen LogP contribution in [0.3, 0.4) is 0 Å². The van der Waals surface area contributed by atoms with Crippen molar-refractivity contribution in [1.82, 2.24) is 4.90 Å². The number of carbonyl (C=O) groups excluding carboxylic acids is 3. The van der Waals surface area contributed by atoms with Crippen LogP contribution in [0.15, 0.2) is 30.4 Å². The van der Waals surface area contributed by atoms with Crippen molar-refractivity contribution in [2.45, 2.75) is 121 Å². The molecule has 2 saturated carbocycles. The third-order valence-electron chi connectivity index (χ3n) is 10.8. The van der Waals surface area contributed by atoms with E-state index >= 15 is 0 Å².